The molecule has 0 aliphatic carbocycles. The van der Waals surface area contributed by atoms with Crippen molar-refractivity contribution in [2.75, 3.05) is 24.6 Å². The van der Waals surface area contributed by atoms with Gasteiger partial charge in [0.1, 0.15) is 0 Å². The van der Waals surface area contributed by atoms with E-state index in [-0.39, 0.29) is 0 Å². The zero-order valence-electron chi connectivity index (χ0n) is 17.9. The lowest BCUT2D eigenvalue weighted by Crippen LogP contribution is -2.10. The van der Waals surface area contributed by atoms with Crippen molar-refractivity contribution >= 4 is 22.8 Å². The third kappa shape index (κ3) is 4.93. The van der Waals surface area contributed by atoms with Gasteiger partial charge < -0.3 is 11.5 Å². The highest BCUT2D eigenvalue weighted by Crippen LogP contribution is 2.19. The predicted molar refractivity (Wildman–Crippen MR) is 136 cm³/mol. The zero-order chi connectivity index (χ0) is 22.2. The molecule has 158 valence electrons. The van der Waals surface area contributed by atoms with Gasteiger partial charge in [-0.1, -0.05) is 97.1 Å². The maximum Gasteiger partial charge on any atom is 0.0740 e. The zero-order valence-corrected chi connectivity index (χ0v) is 17.9. The minimum absolute atomic E-state index is 0.529. The molecule has 32 heavy (non-hydrogen) atoms. The van der Waals surface area contributed by atoms with E-state index in [1.165, 1.54) is 0 Å². The van der Waals surface area contributed by atoms with E-state index in [1.54, 1.807) is 0 Å². The minimum Gasteiger partial charge on any atom is -0.398 e. The van der Waals surface area contributed by atoms with Crippen LogP contribution in [0.15, 0.2) is 119 Å². The van der Waals surface area contributed by atoms with E-state index in [0.717, 1.165) is 33.7 Å². The fourth-order valence-electron chi connectivity index (χ4n) is 3.60. The summed E-state index contributed by atoms with van der Waals surface area (Å²) < 4.78 is 0. The predicted octanol–water partition coefficient (Wildman–Crippen LogP) is 5.23. The average Bonchev–Trinajstić information content (AvgIpc) is 2.84. The highest BCUT2D eigenvalue weighted by atomic mass is 14.8. The minimum atomic E-state index is 0.529. The molecule has 4 heteroatoms. The van der Waals surface area contributed by atoms with Gasteiger partial charge >= 0.3 is 0 Å². The number of nitrogens with zero attached hydrogens (tertiary/aromatic N) is 2. The van der Waals surface area contributed by atoms with Crippen molar-refractivity contribution < 1.29 is 0 Å². The number of anilines is 2. The van der Waals surface area contributed by atoms with E-state index >= 15 is 0 Å². The molecule has 0 aromatic heterocycles. The number of hydrogen-bond acceptors (Lipinski definition) is 4. The second-order valence-electron chi connectivity index (χ2n) is 7.37. The fraction of sp³-hybridized carbons (Fsp3) is 0.0714. The van der Waals surface area contributed by atoms with Crippen LogP contribution >= 0.6 is 0 Å². The van der Waals surface area contributed by atoms with Gasteiger partial charge in [-0.3, -0.25) is 9.98 Å². The normalized spacial score (nSPS) is 12.0. The first-order valence-electron chi connectivity index (χ1n) is 10.6. The molecule has 4 aromatic rings. The average molecular weight is 419 g/mol. The number of benzene rings is 4. The smallest absolute Gasteiger partial charge is 0.0740 e. The highest BCUT2D eigenvalue weighted by molar-refractivity contribution is 6.16. The molecule has 0 aliphatic heterocycles. The summed E-state index contributed by atoms with van der Waals surface area (Å²) in [5.41, 5.74) is 19.6. The summed E-state index contributed by atoms with van der Waals surface area (Å²) in [7, 11) is 0. The van der Waals surface area contributed by atoms with Gasteiger partial charge in [0.25, 0.3) is 0 Å². The molecular formula is C28H26N4. The van der Waals surface area contributed by atoms with Crippen LogP contribution in [-0.4, -0.2) is 24.5 Å². The fourth-order valence-corrected chi connectivity index (χ4v) is 3.60. The number of aliphatic imine (C=N–C) groups is 2. The van der Waals surface area contributed by atoms with Crippen LogP contribution in [-0.2, 0) is 0 Å². The van der Waals surface area contributed by atoms with Crippen LogP contribution in [0.5, 0.6) is 0 Å². The summed E-state index contributed by atoms with van der Waals surface area (Å²) in [6.07, 6.45) is 0. The molecule has 4 N–H and O–H groups in total. The van der Waals surface area contributed by atoms with Gasteiger partial charge in [-0.05, 0) is 12.1 Å². The number of nitrogen functional groups attached to an aromatic ring is 2. The molecule has 0 bridgehead atoms. The van der Waals surface area contributed by atoms with Crippen molar-refractivity contribution in [3.63, 3.8) is 0 Å². The summed E-state index contributed by atoms with van der Waals surface area (Å²) in [5.74, 6) is 0. The molecule has 0 unspecified atom stereocenters. The Morgan fingerprint density at radius 3 is 1.19 bits per heavy atom. The van der Waals surface area contributed by atoms with Crippen LogP contribution in [0, 0.1) is 0 Å². The Morgan fingerprint density at radius 2 is 0.812 bits per heavy atom. The van der Waals surface area contributed by atoms with Gasteiger partial charge in [-0.15, -0.1) is 0 Å². The second-order valence-corrected chi connectivity index (χ2v) is 7.37. The maximum absolute atomic E-state index is 6.26. The van der Waals surface area contributed by atoms with Crippen molar-refractivity contribution in [1.82, 2.24) is 0 Å². The SMILES string of the molecule is Nc1ccccc1C(=NCCN=C(c1ccccc1)c1ccccc1N)c1ccccc1. The molecule has 0 fully saturated rings. The lowest BCUT2D eigenvalue weighted by Gasteiger charge is -2.11. The van der Waals surface area contributed by atoms with E-state index in [9.17, 15) is 0 Å². The first-order valence-corrected chi connectivity index (χ1v) is 10.6. The van der Waals surface area contributed by atoms with Crippen LogP contribution in [0.2, 0.25) is 0 Å². The molecule has 4 nitrogen and oxygen atoms in total. The van der Waals surface area contributed by atoms with E-state index in [0.29, 0.717) is 24.5 Å². The number of nitrogens with two attached hydrogens (primary N) is 2. The van der Waals surface area contributed by atoms with Crippen molar-refractivity contribution in [3.05, 3.63) is 131 Å². The first-order chi connectivity index (χ1) is 15.7. The van der Waals surface area contributed by atoms with Gasteiger partial charge in [0.15, 0.2) is 0 Å². The molecule has 4 rings (SSSR count). The van der Waals surface area contributed by atoms with Gasteiger partial charge in [-0.2, -0.15) is 0 Å². The van der Waals surface area contributed by atoms with Crippen molar-refractivity contribution in [2.24, 2.45) is 9.98 Å². The molecule has 0 radical (unpaired) electrons. The van der Waals surface area contributed by atoms with Crippen molar-refractivity contribution in [3.8, 4) is 0 Å². The second kappa shape index (κ2) is 10.2. The molecule has 4 aromatic carbocycles. The topological polar surface area (TPSA) is 76.8 Å². The Morgan fingerprint density at radius 1 is 0.469 bits per heavy atom. The summed E-state index contributed by atoms with van der Waals surface area (Å²) >= 11 is 0. The van der Waals surface area contributed by atoms with Crippen molar-refractivity contribution in [2.45, 2.75) is 0 Å². The molecule has 0 heterocycles. The Labute approximate surface area is 189 Å². The summed E-state index contributed by atoms with van der Waals surface area (Å²) in [4.78, 5) is 9.81. The maximum atomic E-state index is 6.26. The lowest BCUT2D eigenvalue weighted by molar-refractivity contribution is 0.976. The Bertz CT molecular complexity index is 1130. The lowest BCUT2D eigenvalue weighted by atomic mass is 10.0. The van der Waals surface area contributed by atoms with E-state index in [2.05, 4.69) is 24.3 Å². The number of rotatable bonds is 7. The Kier molecular flexibility index (Phi) is 6.73. The van der Waals surface area contributed by atoms with E-state index in [1.807, 2.05) is 84.9 Å². The molecule has 0 spiro atoms. The third-order valence-corrected chi connectivity index (χ3v) is 5.17. The van der Waals surface area contributed by atoms with Gasteiger partial charge in [-0.25, -0.2) is 0 Å². The summed E-state index contributed by atoms with van der Waals surface area (Å²) in [6.45, 7) is 1.06. The quantitative estimate of drug-likeness (QED) is 0.245. The largest absolute Gasteiger partial charge is 0.398 e. The Hall–Kier alpha value is -4.18. The molecule has 0 aliphatic rings. The molecular weight excluding hydrogens is 392 g/mol. The monoisotopic (exact) mass is 418 g/mol. The van der Waals surface area contributed by atoms with Crippen LogP contribution < -0.4 is 11.5 Å². The third-order valence-electron chi connectivity index (χ3n) is 5.17. The highest BCUT2D eigenvalue weighted by Gasteiger charge is 2.11. The Balaban J connectivity index is 1.66. The van der Waals surface area contributed by atoms with Gasteiger partial charge in [0.05, 0.1) is 24.5 Å². The molecule has 0 saturated carbocycles. The summed E-state index contributed by atoms with van der Waals surface area (Å²) in [5, 5.41) is 0. The molecule has 0 atom stereocenters. The van der Waals surface area contributed by atoms with Crippen LogP contribution in [0.25, 0.3) is 0 Å². The van der Waals surface area contributed by atoms with Crippen LogP contribution in [0.1, 0.15) is 22.3 Å². The molecule has 0 amide bonds. The number of hydrogen-bond donors (Lipinski definition) is 2. The van der Waals surface area contributed by atoms with Crippen LogP contribution in [0.4, 0.5) is 11.4 Å². The standard InChI is InChI=1S/C28H26N4/c29-25-17-9-7-15-23(25)27(21-11-3-1-4-12-21)31-19-20-32-28(22-13-5-2-6-14-22)24-16-8-10-18-26(24)30/h1-18H,19-20,29-30H2. The number of para-hydroxylation sites is 2. The van der Waals surface area contributed by atoms with Gasteiger partial charge in [0.2, 0.25) is 0 Å². The van der Waals surface area contributed by atoms with Crippen molar-refractivity contribution in [1.29, 1.82) is 0 Å². The van der Waals surface area contributed by atoms with E-state index < -0.39 is 0 Å². The molecule has 0 saturated heterocycles. The summed E-state index contributed by atoms with van der Waals surface area (Å²) in [6, 6.07) is 35.9. The first kappa shape index (κ1) is 21.1. The van der Waals surface area contributed by atoms with Crippen LogP contribution in [0.3, 0.4) is 0 Å². The van der Waals surface area contributed by atoms with Gasteiger partial charge in [0, 0.05) is 33.6 Å². The van der Waals surface area contributed by atoms with E-state index in [4.69, 9.17) is 21.5 Å².